The predicted octanol–water partition coefficient (Wildman–Crippen LogP) is 3.13. The van der Waals surface area contributed by atoms with Crippen LogP contribution < -0.4 is 5.32 Å². The Kier molecular flexibility index (Phi) is 7.62. The lowest BCUT2D eigenvalue weighted by atomic mass is 10.0. The van der Waals surface area contributed by atoms with Crippen LogP contribution in [0, 0.1) is 6.92 Å². The molecule has 0 spiro atoms. The molecule has 3 aromatic rings. The van der Waals surface area contributed by atoms with Gasteiger partial charge in [0.15, 0.2) is 5.82 Å². The van der Waals surface area contributed by atoms with Gasteiger partial charge in [0.05, 0.1) is 5.56 Å². The van der Waals surface area contributed by atoms with Crippen molar-refractivity contribution in [2.45, 2.75) is 51.2 Å². The average Bonchev–Trinajstić information content (AvgIpc) is 3.52. The number of piperidine rings is 1. The van der Waals surface area contributed by atoms with Crippen molar-refractivity contribution >= 4 is 35.1 Å². The van der Waals surface area contributed by atoms with Crippen LogP contribution in [0.15, 0.2) is 36.4 Å². The van der Waals surface area contributed by atoms with Gasteiger partial charge in [0, 0.05) is 55.4 Å². The number of hydrogen-bond acceptors (Lipinski definition) is 7. The van der Waals surface area contributed by atoms with Crippen LogP contribution in [0.1, 0.15) is 47.2 Å². The molecule has 1 atom stereocenters. The number of aryl methyl sites for hydroxylation is 2. The van der Waals surface area contributed by atoms with Crippen LogP contribution in [0.5, 0.6) is 0 Å². The maximum absolute atomic E-state index is 13.4. The number of halogens is 1. The molecule has 0 bridgehead atoms. The summed E-state index contributed by atoms with van der Waals surface area (Å²) in [4.78, 5) is 42.1. The number of carboxylic acids is 1. The molecule has 1 aromatic heterocycles. The number of aromatic nitrogens is 4. The van der Waals surface area contributed by atoms with Crippen molar-refractivity contribution in [3.63, 3.8) is 0 Å². The number of amides is 2. The highest BCUT2D eigenvalue weighted by molar-refractivity contribution is 6.31. The Morgan fingerprint density at radius 3 is 2.56 bits per heavy atom. The Morgan fingerprint density at radius 1 is 1.13 bits per heavy atom. The second kappa shape index (κ2) is 11.1. The van der Waals surface area contributed by atoms with E-state index in [4.69, 9.17) is 11.6 Å². The molecule has 0 unspecified atom stereocenters. The number of carbonyl (C=O) groups is 3. The SMILES string of the molecule is Cc1cc(CN2CCC(N3C(=O)CC[C@@H]3C(=O)Nc3cc(C(=O)O)cc(-c4nnnn4C)c3)CC2)ccc1Cl. The largest absolute Gasteiger partial charge is 0.478 e. The van der Waals surface area contributed by atoms with Crippen molar-refractivity contribution in [1.82, 2.24) is 30.0 Å². The van der Waals surface area contributed by atoms with E-state index in [1.807, 2.05) is 19.1 Å². The molecule has 2 amide bonds. The van der Waals surface area contributed by atoms with E-state index in [0.29, 0.717) is 29.9 Å². The average molecular weight is 552 g/mol. The standard InChI is InChI=1S/C27H30ClN7O4/c1-16-11-17(3-4-22(16)28)15-34-9-7-21(8-10-34)35-23(5-6-24(35)36)26(37)29-20-13-18(12-19(14-20)27(38)39)25-30-31-32-33(25)2/h3-4,11-14,21,23H,5-10,15H2,1-2H3,(H,29,37)(H,38,39)/t23-/m1/s1. The first-order valence-corrected chi connectivity index (χ1v) is 13.3. The van der Waals surface area contributed by atoms with E-state index in [1.165, 1.54) is 22.4 Å². The molecule has 12 heteroatoms. The van der Waals surface area contributed by atoms with Gasteiger partial charge in [-0.25, -0.2) is 9.48 Å². The number of rotatable bonds is 7. The summed E-state index contributed by atoms with van der Waals surface area (Å²) in [5, 5.41) is 24.5. The van der Waals surface area contributed by atoms with Crippen molar-refractivity contribution in [1.29, 1.82) is 0 Å². The van der Waals surface area contributed by atoms with Gasteiger partial charge in [-0.15, -0.1) is 5.10 Å². The summed E-state index contributed by atoms with van der Waals surface area (Å²) in [5.74, 6) is -1.12. The zero-order valence-electron chi connectivity index (χ0n) is 21.8. The Hall–Kier alpha value is -3.83. The van der Waals surface area contributed by atoms with E-state index < -0.39 is 12.0 Å². The number of tetrazole rings is 1. The normalized spacial score (nSPS) is 18.5. The van der Waals surface area contributed by atoms with Gasteiger partial charge in [-0.1, -0.05) is 23.7 Å². The van der Waals surface area contributed by atoms with E-state index >= 15 is 0 Å². The number of nitrogens with one attached hydrogen (secondary N) is 1. The van der Waals surface area contributed by atoms with Gasteiger partial charge >= 0.3 is 5.97 Å². The third kappa shape index (κ3) is 5.79. The van der Waals surface area contributed by atoms with E-state index in [0.717, 1.165) is 43.1 Å². The third-order valence-electron chi connectivity index (χ3n) is 7.46. The van der Waals surface area contributed by atoms with Crippen molar-refractivity contribution in [2.75, 3.05) is 18.4 Å². The molecule has 0 aliphatic carbocycles. The maximum atomic E-state index is 13.4. The molecule has 0 saturated carbocycles. The molecule has 0 radical (unpaired) electrons. The number of benzene rings is 2. The van der Waals surface area contributed by atoms with Gasteiger partial charge in [0.2, 0.25) is 11.8 Å². The molecular formula is C27H30ClN7O4. The fourth-order valence-corrected chi connectivity index (χ4v) is 5.61. The molecule has 2 aliphatic heterocycles. The predicted molar refractivity (Wildman–Crippen MR) is 144 cm³/mol. The highest BCUT2D eigenvalue weighted by Gasteiger charge is 2.41. The van der Waals surface area contributed by atoms with Crippen LogP contribution in [0.4, 0.5) is 5.69 Å². The summed E-state index contributed by atoms with van der Waals surface area (Å²) in [5.41, 5.74) is 3.01. The lowest BCUT2D eigenvalue weighted by Gasteiger charge is -2.39. The van der Waals surface area contributed by atoms with E-state index in [9.17, 15) is 19.5 Å². The lowest BCUT2D eigenvalue weighted by Crippen LogP contribution is -2.51. The van der Waals surface area contributed by atoms with E-state index in [2.05, 4.69) is 31.8 Å². The lowest BCUT2D eigenvalue weighted by molar-refractivity contribution is -0.136. The van der Waals surface area contributed by atoms with E-state index in [1.54, 1.807) is 18.0 Å². The molecule has 2 fully saturated rings. The first-order valence-electron chi connectivity index (χ1n) is 12.9. The van der Waals surface area contributed by atoms with E-state index in [-0.39, 0.29) is 23.4 Å². The summed E-state index contributed by atoms with van der Waals surface area (Å²) < 4.78 is 1.42. The van der Waals surface area contributed by atoms with Gasteiger partial charge in [0.1, 0.15) is 6.04 Å². The number of aromatic carboxylic acids is 1. The van der Waals surface area contributed by atoms with Crippen LogP contribution in [0.3, 0.4) is 0 Å². The van der Waals surface area contributed by atoms with Gasteiger partial charge in [0.25, 0.3) is 0 Å². The van der Waals surface area contributed by atoms with Crippen molar-refractivity contribution in [3.05, 3.63) is 58.1 Å². The molecule has 2 N–H and O–H groups in total. The highest BCUT2D eigenvalue weighted by Crippen LogP contribution is 2.30. The van der Waals surface area contributed by atoms with Gasteiger partial charge in [-0.3, -0.25) is 14.5 Å². The van der Waals surface area contributed by atoms with Gasteiger partial charge < -0.3 is 15.3 Å². The zero-order chi connectivity index (χ0) is 27.7. The first kappa shape index (κ1) is 26.8. The second-order valence-electron chi connectivity index (χ2n) is 10.2. The summed E-state index contributed by atoms with van der Waals surface area (Å²) in [7, 11) is 1.64. The smallest absolute Gasteiger partial charge is 0.335 e. The Bertz CT molecular complexity index is 1420. The summed E-state index contributed by atoms with van der Waals surface area (Å²) in [6.45, 7) is 4.44. The van der Waals surface area contributed by atoms with Crippen LogP contribution in [0.25, 0.3) is 11.4 Å². The quantitative estimate of drug-likeness (QED) is 0.457. The Labute approximate surface area is 230 Å². The summed E-state index contributed by atoms with van der Waals surface area (Å²) in [6, 6.07) is 9.91. The second-order valence-corrected chi connectivity index (χ2v) is 10.6. The zero-order valence-corrected chi connectivity index (χ0v) is 22.6. The summed E-state index contributed by atoms with van der Waals surface area (Å²) in [6.07, 6.45) is 2.29. The monoisotopic (exact) mass is 551 g/mol. The molecule has 39 heavy (non-hydrogen) atoms. The van der Waals surface area contributed by atoms with Crippen LogP contribution >= 0.6 is 11.6 Å². The van der Waals surface area contributed by atoms with Gasteiger partial charge in [-0.2, -0.15) is 0 Å². The molecule has 5 rings (SSSR count). The minimum atomic E-state index is -1.14. The minimum Gasteiger partial charge on any atom is -0.478 e. The molecule has 3 heterocycles. The molecule has 11 nitrogen and oxygen atoms in total. The number of carboxylic acid groups (broad SMARTS) is 1. The van der Waals surface area contributed by atoms with Crippen LogP contribution in [-0.4, -0.2) is 78.1 Å². The molecule has 2 aromatic carbocycles. The number of likely N-dealkylation sites (tertiary alicyclic amines) is 2. The van der Waals surface area contributed by atoms with Crippen LogP contribution in [-0.2, 0) is 23.2 Å². The van der Waals surface area contributed by atoms with Crippen molar-refractivity contribution in [3.8, 4) is 11.4 Å². The Morgan fingerprint density at radius 2 is 1.90 bits per heavy atom. The highest BCUT2D eigenvalue weighted by atomic mass is 35.5. The molecule has 2 saturated heterocycles. The van der Waals surface area contributed by atoms with Crippen molar-refractivity contribution in [2.24, 2.45) is 7.05 Å². The van der Waals surface area contributed by atoms with Gasteiger partial charge in [-0.05, 0) is 72.0 Å². The van der Waals surface area contributed by atoms with Crippen LogP contribution in [0.2, 0.25) is 5.02 Å². The number of hydrogen-bond donors (Lipinski definition) is 2. The fraction of sp³-hybridized carbons (Fsp3) is 0.407. The maximum Gasteiger partial charge on any atom is 0.335 e. The Balaban J connectivity index is 1.27. The van der Waals surface area contributed by atoms with Crippen molar-refractivity contribution < 1.29 is 19.5 Å². The molecule has 204 valence electrons. The number of anilines is 1. The topological polar surface area (TPSA) is 134 Å². The number of nitrogens with zero attached hydrogens (tertiary/aromatic N) is 6. The first-order chi connectivity index (χ1) is 18.7. The minimum absolute atomic E-state index is 0.00610. The fourth-order valence-electron chi connectivity index (χ4n) is 5.49. The molecular weight excluding hydrogens is 522 g/mol. The molecule has 2 aliphatic rings. The number of carbonyl (C=O) groups excluding carboxylic acids is 2. The third-order valence-corrected chi connectivity index (χ3v) is 7.89. The summed E-state index contributed by atoms with van der Waals surface area (Å²) >= 11 is 6.16.